The summed E-state index contributed by atoms with van der Waals surface area (Å²) in [5, 5.41) is 8.41. The number of nitrogens with two attached hydrogens (primary N) is 2. The van der Waals surface area contributed by atoms with Crippen molar-refractivity contribution < 1.29 is 0 Å². The molecule has 0 aliphatic heterocycles. The number of anilines is 2. The molecule has 9 nitrogen and oxygen atoms in total. The standard InChI is InChI=1S/C13H12N4.C5H5N5/c1-2-10-12(11-6-3-4-7-14-11)17-9-5-8-15-13(17)16-10;6-1-3-4(7)9-2-10-5(3)8/h3-9H,2H2,1H3;2H,(H4,7,8,9,10). The van der Waals surface area contributed by atoms with Crippen LogP contribution in [0, 0.1) is 11.3 Å². The Balaban J connectivity index is 0.000000180. The van der Waals surface area contributed by atoms with Crippen LogP contribution >= 0.6 is 0 Å². The molecule has 0 atom stereocenters. The van der Waals surface area contributed by atoms with Crippen LogP contribution < -0.4 is 11.5 Å². The van der Waals surface area contributed by atoms with Crippen LogP contribution in [0.1, 0.15) is 18.2 Å². The summed E-state index contributed by atoms with van der Waals surface area (Å²) in [4.78, 5) is 20.3. The Morgan fingerprint density at radius 2 is 1.78 bits per heavy atom. The van der Waals surface area contributed by atoms with Crippen LogP contribution in [0.25, 0.3) is 17.2 Å². The molecule has 0 radical (unpaired) electrons. The number of nitrogens with zero attached hydrogens (tertiary/aromatic N) is 7. The minimum absolute atomic E-state index is 0.120. The van der Waals surface area contributed by atoms with Crippen molar-refractivity contribution in [2.24, 2.45) is 0 Å². The lowest BCUT2D eigenvalue weighted by molar-refractivity contribution is 1.06. The molecular weight excluding hydrogens is 342 g/mol. The van der Waals surface area contributed by atoms with Crippen molar-refractivity contribution in [2.75, 3.05) is 11.5 Å². The van der Waals surface area contributed by atoms with Gasteiger partial charge in [0, 0.05) is 18.6 Å². The van der Waals surface area contributed by atoms with Gasteiger partial charge in [0.05, 0.1) is 17.1 Å². The van der Waals surface area contributed by atoms with Gasteiger partial charge in [-0.15, -0.1) is 0 Å². The summed E-state index contributed by atoms with van der Waals surface area (Å²) in [5.41, 5.74) is 13.7. The number of imidazole rings is 1. The Labute approximate surface area is 155 Å². The fourth-order valence-electron chi connectivity index (χ4n) is 2.48. The first-order valence-corrected chi connectivity index (χ1v) is 8.15. The van der Waals surface area contributed by atoms with Crippen LogP contribution in [-0.2, 0) is 6.42 Å². The van der Waals surface area contributed by atoms with Gasteiger partial charge in [-0.25, -0.2) is 19.9 Å². The monoisotopic (exact) mass is 359 g/mol. The normalized spacial score (nSPS) is 10.1. The third-order valence-corrected chi connectivity index (χ3v) is 3.74. The third kappa shape index (κ3) is 3.64. The van der Waals surface area contributed by atoms with E-state index in [0.717, 1.165) is 29.3 Å². The summed E-state index contributed by atoms with van der Waals surface area (Å²) in [7, 11) is 0. The minimum Gasteiger partial charge on any atom is -0.382 e. The average Bonchev–Trinajstić information content (AvgIpc) is 3.08. The van der Waals surface area contributed by atoms with E-state index in [1.165, 1.54) is 6.33 Å². The molecule has 0 spiro atoms. The van der Waals surface area contributed by atoms with E-state index in [9.17, 15) is 0 Å². The molecule has 0 fully saturated rings. The molecule has 4 aromatic rings. The maximum atomic E-state index is 8.41. The summed E-state index contributed by atoms with van der Waals surface area (Å²) in [6.07, 6.45) is 7.60. The predicted molar refractivity (Wildman–Crippen MR) is 101 cm³/mol. The van der Waals surface area contributed by atoms with Crippen LogP contribution in [0.2, 0.25) is 0 Å². The van der Waals surface area contributed by atoms with E-state index in [2.05, 4.69) is 31.8 Å². The van der Waals surface area contributed by atoms with Crippen LogP contribution in [0.3, 0.4) is 0 Å². The van der Waals surface area contributed by atoms with E-state index < -0.39 is 0 Å². The zero-order chi connectivity index (χ0) is 19.2. The molecule has 0 amide bonds. The largest absolute Gasteiger partial charge is 0.382 e. The fraction of sp³-hybridized carbons (Fsp3) is 0.111. The number of aromatic nitrogens is 6. The third-order valence-electron chi connectivity index (χ3n) is 3.74. The molecule has 27 heavy (non-hydrogen) atoms. The quantitative estimate of drug-likeness (QED) is 0.551. The van der Waals surface area contributed by atoms with E-state index in [-0.39, 0.29) is 17.2 Å². The van der Waals surface area contributed by atoms with Crippen LogP contribution in [-0.4, -0.2) is 29.3 Å². The molecule has 0 bridgehead atoms. The van der Waals surface area contributed by atoms with Crippen LogP contribution in [0.15, 0.2) is 49.2 Å². The topological polar surface area (TPSA) is 145 Å². The van der Waals surface area contributed by atoms with Gasteiger partial charge in [0.25, 0.3) is 0 Å². The molecule has 4 aromatic heterocycles. The number of rotatable bonds is 2. The molecule has 4 rings (SSSR count). The lowest BCUT2D eigenvalue weighted by Crippen LogP contribution is -2.01. The Morgan fingerprint density at radius 1 is 1.04 bits per heavy atom. The number of fused-ring (bicyclic) bond motifs is 1. The Kier molecular flexibility index (Phi) is 5.18. The maximum Gasteiger partial charge on any atom is 0.234 e. The first-order chi connectivity index (χ1) is 13.2. The van der Waals surface area contributed by atoms with Gasteiger partial charge in [0.1, 0.15) is 29.6 Å². The van der Waals surface area contributed by atoms with Gasteiger partial charge in [-0.3, -0.25) is 9.38 Å². The highest BCUT2D eigenvalue weighted by molar-refractivity contribution is 5.62. The van der Waals surface area contributed by atoms with E-state index in [0.29, 0.717) is 0 Å². The zero-order valence-corrected chi connectivity index (χ0v) is 14.6. The second-order valence-corrected chi connectivity index (χ2v) is 5.40. The molecular formula is C18H17N9. The number of nitriles is 1. The van der Waals surface area contributed by atoms with Crippen LogP contribution in [0.5, 0.6) is 0 Å². The van der Waals surface area contributed by atoms with E-state index in [1.54, 1.807) is 18.5 Å². The number of hydrogen-bond donors (Lipinski definition) is 2. The molecule has 4 N–H and O–H groups in total. The summed E-state index contributed by atoms with van der Waals surface area (Å²) in [6, 6.07) is 9.58. The molecule has 9 heteroatoms. The number of pyridine rings is 1. The average molecular weight is 359 g/mol. The van der Waals surface area contributed by atoms with E-state index in [4.69, 9.17) is 16.7 Å². The first-order valence-electron chi connectivity index (χ1n) is 8.15. The molecule has 0 aromatic carbocycles. The predicted octanol–water partition coefficient (Wildman–Crippen LogP) is 1.87. The van der Waals surface area contributed by atoms with Crippen molar-refractivity contribution in [3.63, 3.8) is 0 Å². The van der Waals surface area contributed by atoms with Crippen molar-refractivity contribution in [1.82, 2.24) is 29.3 Å². The Bertz CT molecular complexity index is 1080. The van der Waals surface area contributed by atoms with Crippen molar-refractivity contribution in [3.8, 4) is 17.5 Å². The molecule has 0 saturated heterocycles. The van der Waals surface area contributed by atoms with Gasteiger partial charge in [-0.05, 0) is 24.6 Å². The van der Waals surface area contributed by atoms with Gasteiger partial charge in [0.2, 0.25) is 5.78 Å². The number of aryl methyl sites for hydroxylation is 1. The van der Waals surface area contributed by atoms with Crippen LogP contribution in [0.4, 0.5) is 11.6 Å². The van der Waals surface area contributed by atoms with Gasteiger partial charge in [-0.1, -0.05) is 13.0 Å². The van der Waals surface area contributed by atoms with Gasteiger partial charge >= 0.3 is 0 Å². The highest BCUT2D eigenvalue weighted by atomic mass is 15.1. The Hall–Kier alpha value is -4.06. The highest BCUT2D eigenvalue weighted by Crippen LogP contribution is 2.22. The smallest absolute Gasteiger partial charge is 0.234 e. The second kappa shape index (κ2) is 7.88. The van der Waals surface area contributed by atoms with Crippen molar-refractivity contribution in [3.05, 3.63) is 60.4 Å². The summed E-state index contributed by atoms with van der Waals surface area (Å²) >= 11 is 0. The summed E-state index contributed by atoms with van der Waals surface area (Å²) < 4.78 is 1.99. The van der Waals surface area contributed by atoms with E-state index >= 15 is 0 Å². The van der Waals surface area contributed by atoms with Crippen molar-refractivity contribution >= 4 is 17.4 Å². The molecule has 0 aliphatic rings. The van der Waals surface area contributed by atoms with Crippen molar-refractivity contribution in [2.45, 2.75) is 13.3 Å². The van der Waals surface area contributed by atoms with Gasteiger partial charge in [-0.2, -0.15) is 5.26 Å². The highest BCUT2D eigenvalue weighted by Gasteiger charge is 2.13. The zero-order valence-electron chi connectivity index (χ0n) is 14.6. The lowest BCUT2D eigenvalue weighted by atomic mass is 10.2. The minimum atomic E-state index is 0.120. The summed E-state index contributed by atoms with van der Waals surface area (Å²) in [5.74, 6) is 0.968. The molecule has 4 heterocycles. The Morgan fingerprint density at radius 3 is 2.37 bits per heavy atom. The second-order valence-electron chi connectivity index (χ2n) is 5.40. The first kappa shape index (κ1) is 17.8. The molecule has 0 unspecified atom stereocenters. The molecule has 0 aliphatic carbocycles. The van der Waals surface area contributed by atoms with Crippen molar-refractivity contribution in [1.29, 1.82) is 5.26 Å². The number of nitrogen functional groups attached to an aromatic ring is 2. The maximum absolute atomic E-state index is 8.41. The number of hydrogen-bond acceptors (Lipinski definition) is 8. The van der Waals surface area contributed by atoms with E-state index in [1.807, 2.05) is 34.9 Å². The lowest BCUT2D eigenvalue weighted by Gasteiger charge is -2.02. The van der Waals surface area contributed by atoms with Gasteiger partial charge in [0.15, 0.2) is 0 Å². The fourth-order valence-corrected chi connectivity index (χ4v) is 2.48. The molecule has 0 saturated carbocycles. The molecule has 134 valence electrons. The SMILES string of the molecule is CCc1nc2ncccn2c1-c1ccccn1.N#Cc1c(N)ncnc1N. The van der Waals surface area contributed by atoms with Gasteiger partial charge < -0.3 is 11.5 Å². The summed E-state index contributed by atoms with van der Waals surface area (Å²) in [6.45, 7) is 2.09.